The first-order valence-corrected chi connectivity index (χ1v) is 5.41. The van der Waals surface area contributed by atoms with Crippen LogP contribution in [0.1, 0.15) is 5.56 Å². The van der Waals surface area contributed by atoms with Gasteiger partial charge >= 0.3 is 0 Å². The lowest BCUT2D eigenvalue weighted by Gasteiger charge is -2.00. The molecule has 2 aromatic rings. The molecule has 5 nitrogen and oxygen atoms in total. The van der Waals surface area contributed by atoms with Crippen LogP contribution in [0, 0.1) is 0 Å². The molecule has 0 unspecified atom stereocenters. The number of pyridine rings is 1. The van der Waals surface area contributed by atoms with E-state index in [1.807, 2.05) is 17.7 Å². The van der Waals surface area contributed by atoms with Gasteiger partial charge < -0.3 is 10.3 Å². The van der Waals surface area contributed by atoms with E-state index in [0.29, 0.717) is 5.82 Å². The van der Waals surface area contributed by atoms with Crippen molar-refractivity contribution in [2.75, 3.05) is 5.73 Å². The summed E-state index contributed by atoms with van der Waals surface area (Å²) in [5.74, 6) is 1.36. The van der Waals surface area contributed by atoms with Crippen LogP contribution >= 0.6 is 11.8 Å². The predicted octanol–water partition coefficient (Wildman–Crippen LogP) is 1.08. The van der Waals surface area contributed by atoms with E-state index in [9.17, 15) is 0 Å². The zero-order valence-corrected chi connectivity index (χ0v) is 9.11. The average Bonchev–Trinajstić information content (AvgIpc) is 2.63. The van der Waals surface area contributed by atoms with E-state index in [1.54, 1.807) is 30.4 Å². The number of rotatable bonds is 3. The van der Waals surface area contributed by atoms with Crippen molar-refractivity contribution in [1.82, 2.24) is 19.7 Å². The minimum absolute atomic E-state index is 0.544. The van der Waals surface area contributed by atoms with E-state index in [1.165, 1.54) is 0 Å². The highest BCUT2D eigenvalue weighted by Gasteiger charge is 2.01. The molecule has 0 atom stereocenters. The van der Waals surface area contributed by atoms with Gasteiger partial charge in [-0.05, 0) is 11.6 Å². The van der Waals surface area contributed by atoms with Crippen LogP contribution in [-0.4, -0.2) is 19.7 Å². The molecular weight excluding hydrogens is 210 g/mol. The van der Waals surface area contributed by atoms with Crippen LogP contribution in [0.5, 0.6) is 0 Å². The number of nitrogen functional groups attached to an aromatic ring is 1. The Hall–Kier alpha value is -1.56. The van der Waals surface area contributed by atoms with Crippen molar-refractivity contribution in [3.63, 3.8) is 0 Å². The molecule has 0 saturated heterocycles. The van der Waals surface area contributed by atoms with Gasteiger partial charge in [0.05, 0.1) is 0 Å². The van der Waals surface area contributed by atoms with Crippen molar-refractivity contribution in [2.45, 2.75) is 10.9 Å². The zero-order chi connectivity index (χ0) is 10.7. The number of aromatic nitrogens is 4. The van der Waals surface area contributed by atoms with Crippen LogP contribution in [0.3, 0.4) is 0 Å². The Morgan fingerprint density at radius 3 is 2.93 bits per heavy atom. The van der Waals surface area contributed by atoms with E-state index in [0.717, 1.165) is 16.5 Å². The third kappa shape index (κ3) is 2.47. The summed E-state index contributed by atoms with van der Waals surface area (Å²) in [6, 6.07) is 3.76. The van der Waals surface area contributed by atoms with Gasteiger partial charge in [-0.1, -0.05) is 17.8 Å². The standard InChI is InChI=1S/C9H11N5S/c1-14-6-12-13-9(14)15-5-7-2-3-8(10)11-4-7/h2-4,6H,5H2,1H3,(H2,10,11). The molecule has 0 bridgehead atoms. The molecule has 0 radical (unpaired) electrons. The van der Waals surface area contributed by atoms with Gasteiger partial charge in [-0.25, -0.2) is 4.98 Å². The summed E-state index contributed by atoms with van der Waals surface area (Å²) in [5, 5.41) is 8.68. The van der Waals surface area contributed by atoms with Crippen LogP contribution < -0.4 is 5.73 Å². The number of thioether (sulfide) groups is 1. The third-order valence-electron chi connectivity index (χ3n) is 1.89. The SMILES string of the molecule is Cn1cnnc1SCc1ccc(N)nc1. The fraction of sp³-hybridized carbons (Fsp3) is 0.222. The first-order valence-electron chi connectivity index (χ1n) is 4.43. The van der Waals surface area contributed by atoms with E-state index < -0.39 is 0 Å². The smallest absolute Gasteiger partial charge is 0.191 e. The molecule has 0 aliphatic carbocycles. The van der Waals surface area contributed by atoms with Crippen molar-refractivity contribution >= 4 is 17.6 Å². The number of hydrogen-bond donors (Lipinski definition) is 1. The fourth-order valence-corrected chi connectivity index (χ4v) is 1.89. The molecule has 0 aliphatic rings. The summed E-state index contributed by atoms with van der Waals surface area (Å²) in [6.45, 7) is 0. The van der Waals surface area contributed by atoms with Gasteiger partial charge in [0.1, 0.15) is 12.1 Å². The molecule has 0 aromatic carbocycles. The number of anilines is 1. The Morgan fingerprint density at radius 1 is 1.47 bits per heavy atom. The first-order chi connectivity index (χ1) is 7.25. The Labute approximate surface area is 91.7 Å². The minimum Gasteiger partial charge on any atom is -0.384 e. The van der Waals surface area contributed by atoms with Gasteiger partial charge in [-0.2, -0.15) is 0 Å². The average molecular weight is 221 g/mol. The summed E-state index contributed by atoms with van der Waals surface area (Å²) < 4.78 is 1.88. The lowest BCUT2D eigenvalue weighted by molar-refractivity contribution is 0.788. The maximum Gasteiger partial charge on any atom is 0.191 e. The number of hydrogen-bond acceptors (Lipinski definition) is 5. The van der Waals surface area contributed by atoms with E-state index in [-0.39, 0.29) is 0 Å². The second kappa shape index (κ2) is 4.31. The molecule has 0 aliphatic heterocycles. The Bertz CT molecular complexity index is 436. The summed E-state index contributed by atoms with van der Waals surface area (Å²) >= 11 is 1.62. The van der Waals surface area contributed by atoms with E-state index >= 15 is 0 Å². The van der Waals surface area contributed by atoms with Crippen molar-refractivity contribution in [2.24, 2.45) is 7.05 Å². The molecule has 15 heavy (non-hydrogen) atoms. The molecule has 2 N–H and O–H groups in total. The highest BCUT2D eigenvalue weighted by atomic mass is 32.2. The molecule has 0 saturated carbocycles. The Morgan fingerprint density at radius 2 is 2.33 bits per heavy atom. The molecule has 2 aromatic heterocycles. The molecule has 6 heteroatoms. The van der Waals surface area contributed by atoms with Gasteiger partial charge in [-0.15, -0.1) is 10.2 Å². The van der Waals surface area contributed by atoms with Gasteiger partial charge in [0.15, 0.2) is 5.16 Å². The van der Waals surface area contributed by atoms with E-state index in [2.05, 4.69) is 15.2 Å². The summed E-state index contributed by atoms with van der Waals surface area (Å²) in [5.41, 5.74) is 6.62. The molecule has 0 fully saturated rings. The monoisotopic (exact) mass is 221 g/mol. The largest absolute Gasteiger partial charge is 0.384 e. The fourth-order valence-electron chi connectivity index (χ4n) is 1.07. The first kappa shape index (κ1) is 9.97. The second-order valence-electron chi connectivity index (χ2n) is 3.10. The number of nitrogens with zero attached hydrogens (tertiary/aromatic N) is 4. The summed E-state index contributed by atoms with van der Waals surface area (Å²) in [6.07, 6.45) is 3.46. The third-order valence-corrected chi connectivity index (χ3v) is 2.99. The highest BCUT2D eigenvalue weighted by Crippen LogP contribution is 2.19. The normalized spacial score (nSPS) is 10.5. The van der Waals surface area contributed by atoms with Gasteiger partial charge in [0.25, 0.3) is 0 Å². The molecule has 0 amide bonds. The molecule has 78 valence electrons. The molecular formula is C9H11N5S. The minimum atomic E-state index is 0.544. The highest BCUT2D eigenvalue weighted by molar-refractivity contribution is 7.98. The lowest BCUT2D eigenvalue weighted by atomic mass is 10.3. The van der Waals surface area contributed by atoms with Crippen molar-refractivity contribution < 1.29 is 0 Å². The Kier molecular flexibility index (Phi) is 2.86. The van der Waals surface area contributed by atoms with E-state index in [4.69, 9.17) is 5.73 Å². The topological polar surface area (TPSA) is 69.6 Å². The molecule has 2 heterocycles. The van der Waals surface area contributed by atoms with Crippen LogP contribution in [0.25, 0.3) is 0 Å². The van der Waals surface area contributed by atoms with Crippen molar-refractivity contribution in [1.29, 1.82) is 0 Å². The van der Waals surface area contributed by atoms with Gasteiger partial charge in [0.2, 0.25) is 0 Å². The maximum atomic E-state index is 5.50. The zero-order valence-electron chi connectivity index (χ0n) is 8.29. The summed E-state index contributed by atoms with van der Waals surface area (Å²) in [4.78, 5) is 4.02. The second-order valence-corrected chi connectivity index (χ2v) is 4.05. The van der Waals surface area contributed by atoms with Gasteiger partial charge in [-0.3, -0.25) is 0 Å². The molecule has 0 spiro atoms. The van der Waals surface area contributed by atoms with Crippen molar-refractivity contribution in [3.8, 4) is 0 Å². The maximum absolute atomic E-state index is 5.50. The lowest BCUT2D eigenvalue weighted by Crippen LogP contribution is -1.92. The molecule has 2 rings (SSSR count). The number of nitrogens with two attached hydrogens (primary N) is 1. The van der Waals surface area contributed by atoms with Crippen LogP contribution in [0.15, 0.2) is 29.8 Å². The van der Waals surface area contributed by atoms with Crippen LogP contribution in [0.4, 0.5) is 5.82 Å². The van der Waals surface area contributed by atoms with Gasteiger partial charge in [0, 0.05) is 19.0 Å². The summed E-state index contributed by atoms with van der Waals surface area (Å²) in [7, 11) is 1.92. The van der Waals surface area contributed by atoms with Crippen LogP contribution in [0.2, 0.25) is 0 Å². The van der Waals surface area contributed by atoms with Crippen molar-refractivity contribution in [3.05, 3.63) is 30.2 Å². The quantitative estimate of drug-likeness (QED) is 0.785. The predicted molar refractivity (Wildman–Crippen MR) is 59.2 cm³/mol. The van der Waals surface area contributed by atoms with Crippen LogP contribution in [-0.2, 0) is 12.8 Å². The Balaban J connectivity index is 1.99. The number of aryl methyl sites for hydroxylation is 1.